The Kier molecular flexibility index (Phi) is 6.43. The highest BCUT2D eigenvalue weighted by Gasteiger charge is 2.61. The summed E-state index contributed by atoms with van der Waals surface area (Å²) in [5, 5.41) is 14.6. The molecule has 11 nitrogen and oxygen atoms in total. The van der Waals surface area contributed by atoms with Gasteiger partial charge in [0.15, 0.2) is 17.6 Å². The highest BCUT2D eigenvalue weighted by atomic mass is 16.7. The molecule has 0 saturated carbocycles. The third kappa shape index (κ3) is 4.01. The van der Waals surface area contributed by atoms with E-state index >= 15 is 0 Å². The molecule has 0 N–H and O–H groups in total. The molecular formula is C30H25N3O8. The molecule has 0 unspecified atom stereocenters. The van der Waals surface area contributed by atoms with Crippen molar-refractivity contribution in [2.75, 3.05) is 31.3 Å². The van der Waals surface area contributed by atoms with E-state index in [0.29, 0.717) is 22.7 Å². The number of ether oxygens (including phenoxy) is 3. The second-order valence-electron chi connectivity index (χ2n) is 9.53. The van der Waals surface area contributed by atoms with Gasteiger partial charge in [0, 0.05) is 23.1 Å². The Bertz CT molecular complexity index is 1700. The molecule has 4 aromatic rings. The van der Waals surface area contributed by atoms with Crippen LogP contribution in [0.4, 0.5) is 17.1 Å². The number of fused-ring (bicyclic) bond motifs is 2. The van der Waals surface area contributed by atoms with Crippen molar-refractivity contribution in [3.05, 3.63) is 94.5 Å². The lowest BCUT2D eigenvalue weighted by atomic mass is 9.89. The van der Waals surface area contributed by atoms with Crippen LogP contribution in [0.3, 0.4) is 0 Å². The third-order valence-corrected chi connectivity index (χ3v) is 7.47. The van der Waals surface area contributed by atoms with Crippen molar-refractivity contribution in [3.8, 4) is 17.2 Å². The molecule has 3 atom stereocenters. The molecule has 0 bridgehead atoms. The minimum absolute atomic E-state index is 0.170. The number of imide groups is 1. The SMILES string of the molecule is COc1ccc([C@H]2[C@H]3C(=O)N(c4cccc5ccccc45)C(=O)[C@@H]3ON2c2cccc([N+](=O)[O-])c2)c(OC)c1OC. The van der Waals surface area contributed by atoms with Crippen LogP contribution in [0.1, 0.15) is 11.6 Å². The molecular weight excluding hydrogens is 530 g/mol. The second-order valence-corrected chi connectivity index (χ2v) is 9.53. The number of hydrogen-bond acceptors (Lipinski definition) is 9. The van der Waals surface area contributed by atoms with Gasteiger partial charge in [-0.1, -0.05) is 42.5 Å². The topological polar surface area (TPSA) is 121 Å². The van der Waals surface area contributed by atoms with Crippen molar-refractivity contribution in [2.24, 2.45) is 5.92 Å². The quantitative estimate of drug-likeness (QED) is 0.179. The Morgan fingerprint density at radius 3 is 2.29 bits per heavy atom. The molecule has 2 heterocycles. The van der Waals surface area contributed by atoms with E-state index in [1.807, 2.05) is 30.3 Å². The molecule has 2 aliphatic rings. The summed E-state index contributed by atoms with van der Waals surface area (Å²) < 4.78 is 16.8. The van der Waals surface area contributed by atoms with Gasteiger partial charge in [0.05, 0.1) is 37.6 Å². The van der Waals surface area contributed by atoms with Gasteiger partial charge in [-0.15, -0.1) is 0 Å². The fourth-order valence-corrected chi connectivity index (χ4v) is 5.70. The first kappa shape index (κ1) is 26.1. The number of amides is 2. The summed E-state index contributed by atoms with van der Waals surface area (Å²) in [5.41, 5.74) is 1.06. The van der Waals surface area contributed by atoms with Crippen LogP contribution in [0.5, 0.6) is 17.2 Å². The number of carbonyl (C=O) groups excluding carboxylic acids is 2. The highest BCUT2D eigenvalue weighted by Crippen LogP contribution is 2.53. The van der Waals surface area contributed by atoms with Crippen LogP contribution in [0, 0.1) is 16.0 Å². The molecule has 0 spiro atoms. The summed E-state index contributed by atoms with van der Waals surface area (Å²) in [7, 11) is 4.40. The van der Waals surface area contributed by atoms with Gasteiger partial charge < -0.3 is 14.2 Å². The van der Waals surface area contributed by atoms with Gasteiger partial charge in [-0.05, 0) is 29.7 Å². The number of nitrogens with zero attached hydrogens (tertiary/aromatic N) is 3. The largest absolute Gasteiger partial charge is 0.493 e. The maximum absolute atomic E-state index is 14.2. The zero-order valence-electron chi connectivity index (χ0n) is 22.3. The van der Waals surface area contributed by atoms with E-state index in [4.69, 9.17) is 19.0 Å². The maximum atomic E-state index is 14.2. The van der Waals surface area contributed by atoms with Gasteiger partial charge in [0.2, 0.25) is 11.7 Å². The minimum Gasteiger partial charge on any atom is -0.493 e. The van der Waals surface area contributed by atoms with Crippen molar-refractivity contribution in [1.29, 1.82) is 0 Å². The Balaban J connectivity index is 1.53. The number of benzene rings is 4. The van der Waals surface area contributed by atoms with E-state index < -0.39 is 34.8 Å². The number of anilines is 2. The first-order valence-corrected chi connectivity index (χ1v) is 12.7. The van der Waals surface area contributed by atoms with Gasteiger partial charge in [-0.2, -0.15) is 0 Å². The van der Waals surface area contributed by atoms with Crippen molar-refractivity contribution >= 4 is 39.6 Å². The predicted molar refractivity (Wildman–Crippen MR) is 149 cm³/mol. The van der Waals surface area contributed by atoms with Crippen LogP contribution >= 0.6 is 0 Å². The summed E-state index contributed by atoms with van der Waals surface area (Å²) in [5.74, 6) is -1.04. The molecule has 11 heteroatoms. The molecule has 4 aromatic carbocycles. The lowest BCUT2D eigenvalue weighted by molar-refractivity contribution is -0.384. The summed E-state index contributed by atoms with van der Waals surface area (Å²) in [4.78, 5) is 46.6. The van der Waals surface area contributed by atoms with E-state index in [2.05, 4.69) is 0 Å². The summed E-state index contributed by atoms with van der Waals surface area (Å²) >= 11 is 0. The average Bonchev–Trinajstić information content (AvgIpc) is 3.51. The summed E-state index contributed by atoms with van der Waals surface area (Å²) in [6.45, 7) is 0. The van der Waals surface area contributed by atoms with E-state index in [0.717, 1.165) is 10.8 Å². The number of nitro groups is 1. The third-order valence-electron chi connectivity index (χ3n) is 7.47. The Labute approximate surface area is 234 Å². The predicted octanol–water partition coefficient (Wildman–Crippen LogP) is 4.82. The molecule has 2 fully saturated rings. The molecule has 0 aromatic heterocycles. The molecule has 0 aliphatic carbocycles. The average molecular weight is 556 g/mol. The minimum atomic E-state index is -1.19. The normalized spacial score (nSPS) is 19.9. The molecule has 6 rings (SSSR count). The first-order valence-electron chi connectivity index (χ1n) is 12.7. The lowest BCUT2D eigenvalue weighted by Crippen LogP contribution is -2.37. The monoisotopic (exact) mass is 555 g/mol. The number of carbonyl (C=O) groups is 2. The van der Waals surface area contributed by atoms with Gasteiger partial charge in [-0.3, -0.25) is 24.5 Å². The second kappa shape index (κ2) is 10.1. The van der Waals surface area contributed by atoms with Crippen LogP contribution in [0.2, 0.25) is 0 Å². The van der Waals surface area contributed by atoms with Crippen LogP contribution in [-0.4, -0.2) is 44.2 Å². The Hall–Kier alpha value is -5.16. The standard InChI is InChI=1S/C30H25N3O8/c1-38-23-15-14-21(26(39-2)27(23)40-3)25-24-28(41-32(25)18-10-7-11-19(16-18)33(36)37)30(35)31(29(24)34)22-13-6-9-17-8-4-5-12-20(17)22/h4-16,24-25,28H,1-3H3/t24-,25+,28-/m1/s1. The zero-order chi connectivity index (χ0) is 28.8. The fourth-order valence-electron chi connectivity index (χ4n) is 5.70. The van der Waals surface area contributed by atoms with E-state index in [-0.39, 0.29) is 17.2 Å². The van der Waals surface area contributed by atoms with Crippen LogP contribution in [0.25, 0.3) is 10.8 Å². The molecule has 2 aliphatic heterocycles. The van der Waals surface area contributed by atoms with Crippen molar-refractivity contribution in [1.82, 2.24) is 0 Å². The van der Waals surface area contributed by atoms with Crippen molar-refractivity contribution in [3.63, 3.8) is 0 Å². The van der Waals surface area contributed by atoms with Crippen LogP contribution < -0.4 is 24.2 Å². The number of hydroxylamine groups is 1. The first-order chi connectivity index (χ1) is 19.9. The van der Waals surface area contributed by atoms with Crippen molar-refractivity contribution in [2.45, 2.75) is 12.1 Å². The van der Waals surface area contributed by atoms with Gasteiger partial charge >= 0.3 is 0 Å². The highest BCUT2D eigenvalue weighted by molar-refractivity contribution is 6.26. The number of methoxy groups -OCH3 is 3. The Morgan fingerprint density at radius 2 is 1.56 bits per heavy atom. The van der Waals surface area contributed by atoms with E-state index in [9.17, 15) is 19.7 Å². The number of rotatable bonds is 7. The number of nitro benzene ring substituents is 1. The van der Waals surface area contributed by atoms with E-state index in [1.165, 1.54) is 49.5 Å². The number of non-ortho nitro benzene ring substituents is 1. The van der Waals surface area contributed by atoms with Gasteiger partial charge in [-0.25, -0.2) is 9.96 Å². The molecule has 41 heavy (non-hydrogen) atoms. The van der Waals surface area contributed by atoms with Gasteiger partial charge in [0.1, 0.15) is 12.0 Å². The van der Waals surface area contributed by atoms with E-state index in [1.54, 1.807) is 30.3 Å². The summed E-state index contributed by atoms with van der Waals surface area (Å²) in [6.07, 6.45) is -1.19. The summed E-state index contributed by atoms with van der Waals surface area (Å²) in [6, 6.07) is 21.2. The smallest absolute Gasteiger partial charge is 0.271 e. The molecule has 0 radical (unpaired) electrons. The van der Waals surface area contributed by atoms with Crippen LogP contribution in [-0.2, 0) is 14.4 Å². The zero-order valence-corrected chi connectivity index (χ0v) is 22.3. The maximum Gasteiger partial charge on any atom is 0.271 e. The molecule has 2 saturated heterocycles. The molecule has 2 amide bonds. The van der Waals surface area contributed by atoms with Crippen molar-refractivity contribution < 1.29 is 33.6 Å². The Morgan fingerprint density at radius 1 is 0.829 bits per heavy atom. The lowest BCUT2D eigenvalue weighted by Gasteiger charge is -2.30. The molecule has 208 valence electrons. The van der Waals surface area contributed by atoms with Gasteiger partial charge in [0.25, 0.3) is 11.6 Å². The fraction of sp³-hybridized carbons (Fsp3) is 0.200. The number of hydrogen-bond donors (Lipinski definition) is 0. The van der Waals surface area contributed by atoms with Crippen LogP contribution in [0.15, 0.2) is 78.9 Å².